The number of halogens is 3. The molecule has 184 valence electrons. The largest absolute Gasteiger partial charge is 0.401 e. The molecule has 2 N–H and O–H groups in total. The van der Waals surface area contributed by atoms with Gasteiger partial charge in [-0.3, -0.25) is 19.6 Å². The third kappa shape index (κ3) is 7.01. The predicted molar refractivity (Wildman–Crippen MR) is 122 cm³/mol. The first-order valence-corrected chi connectivity index (χ1v) is 11.7. The Labute approximate surface area is 197 Å². The summed E-state index contributed by atoms with van der Waals surface area (Å²) in [7, 11) is 0. The average molecular weight is 477 g/mol. The number of aliphatic hydroxyl groups is 1. The molecule has 1 aromatic carbocycles. The number of aromatic nitrogens is 1. The molecule has 34 heavy (non-hydrogen) atoms. The van der Waals surface area contributed by atoms with Gasteiger partial charge in [-0.05, 0) is 61.0 Å². The number of amides is 1. The minimum atomic E-state index is -4.16. The lowest BCUT2D eigenvalue weighted by molar-refractivity contribution is -0.148. The van der Waals surface area contributed by atoms with E-state index in [0.717, 1.165) is 18.7 Å². The molecule has 6 nitrogen and oxygen atoms in total. The number of piperidine rings is 1. The van der Waals surface area contributed by atoms with Crippen LogP contribution in [-0.2, 0) is 19.5 Å². The molecular formula is C25H31F3N4O2. The fraction of sp³-hybridized carbons (Fsp3) is 0.520. The minimum absolute atomic E-state index is 0.146. The van der Waals surface area contributed by atoms with Crippen LogP contribution in [0.1, 0.15) is 39.9 Å². The summed E-state index contributed by atoms with van der Waals surface area (Å²) in [5.74, 6) is -0.0193. The number of hydrogen-bond acceptors (Lipinski definition) is 5. The van der Waals surface area contributed by atoms with Crippen LogP contribution in [0.25, 0.3) is 0 Å². The zero-order chi connectivity index (χ0) is 24.1. The van der Waals surface area contributed by atoms with E-state index in [4.69, 9.17) is 0 Å². The number of rotatable bonds is 8. The minimum Gasteiger partial charge on any atom is -0.390 e. The molecule has 1 atom stereocenters. The number of pyridine rings is 1. The lowest BCUT2D eigenvalue weighted by Crippen LogP contribution is -2.40. The van der Waals surface area contributed by atoms with E-state index in [1.165, 1.54) is 22.2 Å². The summed E-state index contributed by atoms with van der Waals surface area (Å²) in [6, 6.07) is 9.99. The fourth-order valence-corrected chi connectivity index (χ4v) is 4.87. The SMILES string of the molecule is O=C(NC[C@H](O)CN1Cc2ccccc2C1)c1cncc(CC2CCN(CC(F)(F)F)CC2)c1. The van der Waals surface area contributed by atoms with Gasteiger partial charge in [0.2, 0.25) is 0 Å². The fourth-order valence-electron chi connectivity index (χ4n) is 4.87. The molecule has 2 aromatic rings. The molecule has 0 radical (unpaired) electrons. The highest BCUT2D eigenvalue weighted by molar-refractivity contribution is 5.94. The molecule has 0 spiro atoms. The third-order valence-electron chi connectivity index (χ3n) is 6.56. The summed E-state index contributed by atoms with van der Waals surface area (Å²) in [6.07, 6.45) is 0.430. The number of nitrogens with zero attached hydrogens (tertiary/aromatic N) is 3. The normalized spacial score (nSPS) is 18.6. The lowest BCUT2D eigenvalue weighted by atomic mass is 9.90. The van der Waals surface area contributed by atoms with E-state index in [0.29, 0.717) is 44.5 Å². The monoisotopic (exact) mass is 476 g/mol. The molecule has 1 fully saturated rings. The number of benzene rings is 1. The first-order valence-electron chi connectivity index (χ1n) is 11.7. The van der Waals surface area contributed by atoms with E-state index in [-0.39, 0.29) is 18.4 Å². The van der Waals surface area contributed by atoms with Crippen molar-refractivity contribution < 1.29 is 23.1 Å². The van der Waals surface area contributed by atoms with Crippen molar-refractivity contribution in [3.8, 4) is 0 Å². The van der Waals surface area contributed by atoms with Crippen molar-refractivity contribution in [1.82, 2.24) is 20.1 Å². The molecule has 0 bridgehead atoms. The number of alkyl halides is 3. The van der Waals surface area contributed by atoms with Crippen LogP contribution in [0.4, 0.5) is 13.2 Å². The summed E-state index contributed by atoms with van der Waals surface area (Å²) in [5.41, 5.74) is 3.87. The highest BCUT2D eigenvalue weighted by Gasteiger charge is 2.32. The Hall–Kier alpha value is -2.49. The number of hydrogen-bond donors (Lipinski definition) is 2. The summed E-state index contributed by atoms with van der Waals surface area (Å²) < 4.78 is 37.7. The van der Waals surface area contributed by atoms with Crippen molar-refractivity contribution in [3.05, 3.63) is 65.0 Å². The van der Waals surface area contributed by atoms with Crippen molar-refractivity contribution in [2.24, 2.45) is 5.92 Å². The third-order valence-corrected chi connectivity index (χ3v) is 6.56. The molecule has 1 amide bonds. The number of likely N-dealkylation sites (tertiary alicyclic amines) is 1. The Balaban J connectivity index is 1.21. The predicted octanol–water partition coefficient (Wildman–Crippen LogP) is 3.00. The van der Waals surface area contributed by atoms with Gasteiger partial charge in [0.1, 0.15) is 0 Å². The van der Waals surface area contributed by atoms with Gasteiger partial charge >= 0.3 is 6.18 Å². The first-order chi connectivity index (χ1) is 16.2. The second kappa shape index (κ2) is 10.8. The summed E-state index contributed by atoms with van der Waals surface area (Å²) >= 11 is 0. The van der Waals surface area contributed by atoms with Gasteiger partial charge in [0, 0.05) is 38.6 Å². The molecule has 0 aliphatic carbocycles. The van der Waals surface area contributed by atoms with Gasteiger partial charge in [-0.1, -0.05) is 24.3 Å². The number of carbonyl (C=O) groups is 1. The van der Waals surface area contributed by atoms with Crippen molar-refractivity contribution >= 4 is 5.91 Å². The lowest BCUT2D eigenvalue weighted by Gasteiger charge is -2.32. The maximum absolute atomic E-state index is 12.6. The van der Waals surface area contributed by atoms with Crippen LogP contribution in [0.15, 0.2) is 42.7 Å². The van der Waals surface area contributed by atoms with Crippen LogP contribution in [-0.4, -0.2) is 70.8 Å². The van der Waals surface area contributed by atoms with Crippen molar-refractivity contribution in [2.75, 3.05) is 32.7 Å². The number of aliphatic hydroxyl groups excluding tert-OH is 1. The molecule has 4 rings (SSSR count). The van der Waals surface area contributed by atoms with Crippen LogP contribution in [0.5, 0.6) is 0 Å². The number of β-amino-alcohol motifs (C(OH)–C–C–N with tert-alkyl or cyclic N) is 1. The summed E-state index contributed by atoms with van der Waals surface area (Å²) in [4.78, 5) is 20.4. The average Bonchev–Trinajstić information content (AvgIpc) is 3.20. The zero-order valence-electron chi connectivity index (χ0n) is 19.1. The highest BCUT2D eigenvalue weighted by atomic mass is 19.4. The maximum atomic E-state index is 12.6. The molecule has 2 aliphatic rings. The Morgan fingerprint density at radius 1 is 1.12 bits per heavy atom. The summed E-state index contributed by atoms with van der Waals surface area (Å²) in [5, 5.41) is 13.2. The van der Waals surface area contributed by atoms with Gasteiger partial charge in [0.15, 0.2) is 0 Å². The van der Waals surface area contributed by atoms with Crippen LogP contribution >= 0.6 is 0 Å². The standard InChI is InChI=1S/C25H31F3N4O2/c26-25(27,28)17-31-7-5-18(6-8-31)9-19-10-22(12-29-11-19)24(34)30-13-23(33)16-32-14-20-3-1-2-4-21(20)15-32/h1-4,10-12,18,23,33H,5-9,13-17H2,(H,30,34)/t23-/m0/s1. The molecule has 0 unspecified atom stereocenters. The van der Waals surface area contributed by atoms with E-state index in [1.807, 2.05) is 12.1 Å². The topological polar surface area (TPSA) is 68.7 Å². The van der Waals surface area contributed by atoms with Crippen molar-refractivity contribution in [2.45, 2.75) is 44.6 Å². The Morgan fingerprint density at radius 3 is 2.44 bits per heavy atom. The second-order valence-corrected chi connectivity index (χ2v) is 9.42. The molecule has 1 saturated heterocycles. The maximum Gasteiger partial charge on any atom is 0.401 e. The van der Waals surface area contributed by atoms with Crippen LogP contribution in [0, 0.1) is 5.92 Å². The van der Waals surface area contributed by atoms with Crippen LogP contribution in [0.3, 0.4) is 0 Å². The molecule has 0 saturated carbocycles. The van der Waals surface area contributed by atoms with Crippen LogP contribution in [0.2, 0.25) is 0 Å². The van der Waals surface area contributed by atoms with E-state index in [1.54, 1.807) is 12.3 Å². The quantitative estimate of drug-likeness (QED) is 0.613. The number of nitrogens with one attached hydrogen (secondary N) is 1. The van der Waals surface area contributed by atoms with E-state index in [2.05, 4.69) is 27.3 Å². The van der Waals surface area contributed by atoms with Gasteiger partial charge in [-0.15, -0.1) is 0 Å². The zero-order valence-corrected chi connectivity index (χ0v) is 19.1. The van der Waals surface area contributed by atoms with Crippen molar-refractivity contribution in [3.63, 3.8) is 0 Å². The second-order valence-electron chi connectivity index (χ2n) is 9.42. The van der Waals surface area contributed by atoms with Gasteiger partial charge in [0.05, 0.1) is 18.2 Å². The van der Waals surface area contributed by atoms with Gasteiger partial charge in [-0.25, -0.2) is 0 Å². The van der Waals surface area contributed by atoms with E-state index in [9.17, 15) is 23.1 Å². The van der Waals surface area contributed by atoms with Crippen molar-refractivity contribution in [1.29, 1.82) is 0 Å². The molecule has 9 heteroatoms. The molecular weight excluding hydrogens is 445 g/mol. The summed E-state index contributed by atoms with van der Waals surface area (Å²) in [6.45, 7) is 2.21. The highest BCUT2D eigenvalue weighted by Crippen LogP contribution is 2.25. The molecule has 2 aliphatic heterocycles. The Kier molecular flexibility index (Phi) is 7.85. The Bertz CT molecular complexity index is 952. The van der Waals surface area contributed by atoms with E-state index < -0.39 is 18.8 Å². The smallest absolute Gasteiger partial charge is 0.390 e. The van der Waals surface area contributed by atoms with Gasteiger partial charge in [0.25, 0.3) is 5.91 Å². The Morgan fingerprint density at radius 2 is 1.79 bits per heavy atom. The van der Waals surface area contributed by atoms with Gasteiger partial charge < -0.3 is 10.4 Å². The number of carbonyl (C=O) groups excluding carboxylic acids is 1. The molecule has 3 heterocycles. The van der Waals surface area contributed by atoms with Gasteiger partial charge in [-0.2, -0.15) is 13.2 Å². The molecule has 1 aromatic heterocycles. The first kappa shape index (κ1) is 24.6. The van der Waals surface area contributed by atoms with Crippen LogP contribution < -0.4 is 5.32 Å². The van der Waals surface area contributed by atoms with E-state index >= 15 is 0 Å². The number of fused-ring (bicyclic) bond motifs is 1.